The second kappa shape index (κ2) is 4.58. The van der Waals surface area contributed by atoms with Gasteiger partial charge in [0.2, 0.25) is 0 Å². The summed E-state index contributed by atoms with van der Waals surface area (Å²) in [6.45, 7) is 0. The Balaban J connectivity index is 1.99. The van der Waals surface area contributed by atoms with Gasteiger partial charge >= 0.3 is 0 Å². The van der Waals surface area contributed by atoms with Crippen LogP contribution in [0.4, 0.5) is 8.78 Å². The van der Waals surface area contributed by atoms with Crippen molar-refractivity contribution in [2.45, 2.75) is 25.0 Å². The molecule has 0 unspecified atom stereocenters. The molecule has 2 aliphatic rings. The number of primary amides is 1. The van der Waals surface area contributed by atoms with Gasteiger partial charge in [0.15, 0.2) is 0 Å². The number of ether oxygens (including phenoxy) is 1. The highest BCUT2D eigenvalue weighted by molar-refractivity contribution is 5.92. The van der Waals surface area contributed by atoms with Crippen LogP contribution in [-0.2, 0) is 4.74 Å². The van der Waals surface area contributed by atoms with Gasteiger partial charge in [-0.3, -0.25) is 4.79 Å². The number of benzene rings is 1. The molecule has 112 valence electrons. The number of carbonyl (C=O) groups is 1. The maximum absolute atomic E-state index is 14.2. The van der Waals surface area contributed by atoms with Gasteiger partial charge in [0.05, 0.1) is 11.8 Å². The lowest BCUT2D eigenvalue weighted by atomic mass is 9.88. The Hall–Kier alpha value is -2.34. The molecule has 1 fully saturated rings. The second-order valence-corrected chi connectivity index (χ2v) is 5.53. The van der Waals surface area contributed by atoms with Gasteiger partial charge in [0, 0.05) is 17.2 Å². The van der Waals surface area contributed by atoms with E-state index < -0.39 is 17.5 Å². The molecule has 0 aliphatic carbocycles. The van der Waals surface area contributed by atoms with E-state index in [2.05, 4.69) is 4.98 Å². The number of nitrogens with zero attached hydrogens (tertiary/aromatic N) is 1. The van der Waals surface area contributed by atoms with Gasteiger partial charge in [0.25, 0.3) is 5.91 Å². The van der Waals surface area contributed by atoms with Crippen LogP contribution in [0.1, 0.15) is 46.8 Å². The molecule has 2 N–H and O–H groups in total. The van der Waals surface area contributed by atoms with E-state index in [1.165, 1.54) is 18.2 Å². The summed E-state index contributed by atoms with van der Waals surface area (Å²) in [4.78, 5) is 15.8. The molecule has 0 spiro atoms. The minimum Gasteiger partial charge on any atom is -0.364 e. The molecule has 6 heteroatoms. The zero-order valence-electron chi connectivity index (χ0n) is 11.5. The Kier molecular flexibility index (Phi) is 2.77. The van der Waals surface area contributed by atoms with E-state index in [4.69, 9.17) is 10.5 Å². The predicted molar refractivity (Wildman–Crippen MR) is 73.9 cm³/mol. The smallest absolute Gasteiger partial charge is 0.267 e. The third kappa shape index (κ3) is 1.84. The SMILES string of the molecule is NC(=O)c1cc(-c2ccc(F)cc2F)c2c(n1)[C@@H]1CC[C@H]2O1. The normalized spacial score (nSPS) is 21.9. The van der Waals surface area contributed by atoms with Gasteiger partial charge in [-0.05, 0) is 36.6 Å². The summed E-state index contributed by atoms with van der Waals surface area (Å²) in [6, 6.07) is 4.82. The van der Waals surface area contributed by atoms with Crippen molar-refractivity contribution in [1.29, 1.82) is 0 Å². The highest BCUT2D eigenvalue weighted by atomic mass is 19.1. The number of fused-ring (bicyclic) bond motifs is 5. The molecule has 2 aliphatic heterocycles. The van der Waals surface area contributed by atoms with Gasteiger partial charge in [-0.2, -0.15) is 0 Å². The number of carbonyl (C=O) groups excluding carboxylic acids is 1. The summed E-state index contributed by atoms with van der Waals surface area (Å²) in [7, 11) is 0. The van der Waals surface area contributed by atoms with Crippen LogP contribution in [0.2, 0.25) is 0 Å². The summed E-state index contributed by atoms with van der Waals surface area (Å²) in [5, 5.41) is 0. The van der Waals surface area contributed by atoms with Crippen molar-refractivity contribution < 1.29 is 18.3 Å². The molecule has 22 heavy (non-hydrogen) atoms. The molecule has 1 aromatic carbocycles. The molecular weight excluding hydrogens is 290 g/mol. The standard InChI is InChI=1S/C16H12F2N2O2/c17-7-1-2-8(10(18)5-7)9-6-11(16(19)21)20-15-13-4-3-12(22-13)14(9)15/h1-2,5-6,12-13H,3-4H2,(H2,19,21)/t12-,13+/m1/s1. The molecular formula is C16H12F2N2O2. The number of hydrogen-bond donors (Lipinski definition) is 1. The van der Waals surface area contributed by atoms with Crippen molar-refractivity contribution in [3.05, 3.63) is 52.9 Å². The van der Waals surface area contributed by atoms with Crippen molar-refractivity contribution >= 4 is 5.91 Å². The van der Waals surface area contributed by atoms with E-state index in [1.54, 1.807) is 0 Å². The first-order chi connectivity index (χ1) is 10.5. The molecule has 2 aromatic rings. The lowest BCUT2D eigenvalue weighted by Gasteiger charge is -2.17. The van der Waals surface area contributed by atoms with Crippen molar-refractivity contribution in [2.24, 2.45) is 5.73 Å². The molecule has 4 nitrogen and oxygen atoms in total. The minimum atomic E-state index is -0.688. The van der Waals surface area contributed by atoms with E-state index in [-0.39, 0.29) is 23.5 Å². The highest BCUT2D eigenvalue weighted by Crippen LogP contribution is 2.53. The second-order valence-electron chi connectivity index (χ2n) is 5.53. The lowest BCUT2D eigenvalue weighted by Crippen LogP contribution is -2.16. The Labute approximate surface area is 124 Å². The van der Waals surface area contributed by atoms with Crippen molar-refractivity contribution in [1.82, 2.24) is 4.98 Å². The molecule has 4 rings (SSSR count). The summed E-state index contributed by atoms with van der Waals surface area (Å²) in [5.74, 6) is -2.03. The largest absolute Gasteiger partial charge is 0.364 e. The topological polar surface area (TPSA) is 65.2 Å². The Morgan fingerprint density at radius 3 is 2.68 bits per heavy atom. The molecule has 2 atom stereocenters. The van der Waals surface area contributed by atoms with Crippen molar-refractivity contribution in [3.63, 3.8) is 0 Å². The molecule has 0 saturated carbocycles. The lowest BCUT2D eigenvalue weighted by molar-refractivity contribution is 0.0704. The van der Waals surface area contributed by atoms with Crippen LogP contribution in [0.5, 0.6) is 0 Å². The summed E-state index contributed by atoms with van der Waals surface area (Å²) < 4.78 is 33.1. The van der Waals surface area contributed by atoms with Crippen molar-refractivity contribution in [3.8, 4) is 11.1 Å². The first-order valence-electron chi connectivity index (χ1n) is 7.00. The molecule has 1 aromatic heterocycles. The Morgan fingerprint density at radius 1 is 1.18 bits per heavy atom. The first kappa shape index (κ1) is 13.3. The van der Waals surface area contributed by atoms with E-state index in [0.29, 0.717) is 11.3 Å². The van der Waals surface area contributed by atoms with E-state index in [0.717, 1.165) is 24.5 Å². The number of pyridine rings is 1. The van der Waals surface area contributed by atoms with Crippen LogP contribution in [0.3, 0.4) is 0 Å². The average molecular weight is 302 g/mol. The zero-order chi connectivity index (χ0) is 15.4. The first-order valence-corrected chi connectivity index (χ1v) is 7.00. The van der Waals surface area contributed by atoms with Gasteiger partial charge in [-0.25, -0.2) is 13.8 Å². The number of halogens is 2. The fraction of sp³-hybridized carbons (Fsp3) is 0.250. The summed E-state index contributed by atoms with van der Waals surface area (Å²) in [5.41, 5.74) is 7.54. The molecule has 3 heterocycles. The van der Waals surface area contributed by atoms with Crippen LogP contribution in [-0.4, -0.2) is 10.9 Å². The van der Waals surface area contributed by atoms with Crippen LogP contribution in [0, 0.1) is 11.6 Å². The number of rotatable bonds is 2. The van der Waals surface area contributed by atoms with Crippen molar-refractivity contribution in [2.75, 3.05) is 0 Å². The van der Waals surface area contributed by atoms with Crippen LogP contribution in [0.25, 0.3) is 11.1 Å². The summed E-state index contributed by atoms with van der Waals surface area (Å²) >= 11 is 0. The number of amides is 1. The monoisotopic (exact) mass is 302 g/mol. The van der Waals surface area contributed by atoms with Crippen LogP contribution < -0.4 is 5.73 Å². The highest BCUT2D eigenvalue weighted by Gasteiger charge is 2.42. The van der Waals surface area contributed by atoms with Gasteiger partial charge in [0.1, 0.15) is 23.4 Å². The fourth-order valence-corrected chi connectivity index (χ4v) is 3.27. The minimum absolute atomic E-state index is 0.0635. The number of nitrogens with two attached hydrogens (primary N) is 1. The Morgan fingerprint density at radius 2 is 1.95 bits per heavy atom. The summed E-state index contributed by atoms with van der Waals surface area (Å²) in [6.07, 6.45) is 1.30. The zero-order valence-corrected chi connectivity index (χ0v) is 11.5. The maximum atomic E-state index is 14.2. The molecule has 1 amide bonds. The number of hydrogen-bond acceptors (Lipinski definition) is 3. The molecule has 1 saturated heterocycles. The van der Waals surface area contributed by atoms with Crippen LogP contribution in [0.15, 0.2) is 24.3 Å². The van der Waals surface area contributed by atoms with E-state index in [9.17, 15) is 13.6 Å². The number of aromatic nitrogens is 1. The quantitative estimate of drug-likeness (QED) is 0.927. The maximum Gasteiger partial charge on any atom is 0.267 e. The Bertz CT molecular complexity index is 807. The van der Waals surface area contributed by atoms with Gasteiger partial charge in [-0.1, -0.05) is 0 Å². The average Bonchev–Trinajstić information content (AvgIpc) is 3.08. The van der Waals surface area contributed by atoms with E-state index >= 15 is 0 Å². The predicted octanol–water partition coefficient (Wildman–Crippen LogP) is 3.03. The van der Waals surface area contributed by atoms with Gasteiger partial charge < -0.3 is 10.5 Å². The van der Waals surface area contributed by atoms with Gasteiger partial charge in [-0.15, -0.1) is 0 Å². The third-order valence-electron chi connectivity index (χ3n) is 4.21. The molecule has 2 bridgehead atoms. The van der Waals surface area contributed by atoms with E-state index in [1.807, 2.05) is 0 Å². The van der Waals surface area contributed by atoms with Crippen LogP contribution >= 0.6 is 0 Å². The third-order valence-corrected chi connectivity index (χ3v) is 4.21. The fourth-order valence-electron chi connectivity index (χ4n) is 3.27. The molecule has 0 radical (unpaired) electrons.